The molecular weight excluding hydrogens is 776 g/mol. The van der Waals surface area contributed by atoms with E-state index in [0.717, 1.165) is 12.1 Å². The average molecular weight is 797 g/mol. The lowest BCUT2D eigenvalue weighted by atomic mass is 10.1. The molecule has 0 atom stereocenters. The molecule has 272 valence electrons. The van der Waals surface area contributed by atoms with E-state index in [2.05, 4.69) is 56.9 Å². The molecule has 0 spiro atoms. The van der Waals surface area contributed by atoms with E-state index < -0.39 is 67.8 Å². The largest absolute Gasteiger partial charge is 0.460 e. The number of alkyl halides is 9. The lowest BCUT2D eigenvalue weighted by Gasteiger charge is -2.32. The Morgan fingerprint density at radius 3 is 1.32 bits per heavy atom. The van der Waals surface area contributed by atoms with E-state index in [-0.39, 0.29) is 12.1 Å². The summed E-state index contributed by atoms with van der Waals surface area (Å²) in [6, 6.07) is 26.3. The Hall–Kier alpha value is -3.95. The van der Waals surface area contributed by atoms with Crippen LogP contribution in [0.1, 0.15) is 5.56 Å². The van der Waals surface area contributed by atoms with Gasteiger partial charge in [0.15, 0.2) is 0 Å². The first-order chi connectivity index (χ1) is 22.9. The van der Waals surface area contributed by atoms with Crippen molar-refractivity contribution < 1.29 is 73.1 Å². The molecule has 4 aromatic rings. The standard InChI is InChI=1S/C17H11F9O8S3.C12H10S/c1-10-2-8-13(9-3-10)35(27,28)37(31,32)34-12-6-4-11(5-7-12)33-36(29,30)17(25,26)15(20,21)14(18,19)16(22,23)24;1-3-7-11(8-4-1)13-12-9-5-2-6-10-12/h2-9H,1H3;1-10H. The summed E-state index contributed by atoms with van der Waals surface area (Å²) in [6.07, 6.45) is -7.28. The fourth-order valence-electron chi connectivity index (χ4n) is 3.35. The lowest BCUT2D eigenvalue weighted by Crippen LogP contribution is -2.63. The maximum absolute atomic E-state index is 13.7. The van der Waals surface area contributed by atoms with Crippen LogP contribution in [-0.4, -0.2) is 48.5 Å². The zero-order valence-electron chi connectivity index (χ0n) is 24.7. The van der Waals surface area contributed by atoms with Gasteiger partial charge in [-0.15, -0.1) is 0 Å². The van der Waals surface area contributed by atoms with Crippen LogP contribution in [0.5, 0.6) is 11.5 Å². The average Bonchev–Trinajstić information content (AvgIpc) is 3.02. The van der Waals surface area contributed by atoms with Crippen LogP contribution in [0, 0.1) is 6.92 Å². The maximum atomic E-state index is 13.7. The van der Waals surface area contributed by atoms with Gasteiger partial charge in [-0.1, -0.05) is 65.9 Å². The molecule has 0 heterocycles. The van der Waals surface area contributed by atoms with Gasteiger partial charge in [-0.25, -0.2) is 8.42 Å². The van der Waals surface area contributed by atoms with Crippen LogP contribution < -0.4 is 8.37 Å². The number of rotatable bonds is 11. The third-order valence-electron chi connectivity index (χ3n) is 5.96. The van der Waals surface area contributed by atoms with Gasteiger partial charge in [-0.05, 0) is 67.6 Å². The van der Waals surface area contributed by atoms with Gasteiger partial charge < -0.3 is 8.37 Å². The van der Waals surface area contributed by atoms with E-state index in [4.69, 9.17) is 0 Å². The monoisotopic (exact) mass is 796 g/mol. The van der Waals surface area contributed by atoms with Crippen molar-refractivity contribution in [2.24, 2.45) is 0 Å². The molecule has 0 saturated heterocycles. The van der Waals surface area contributed by atoms with Gasteiger partial charge in [-0.3, -0.25) is 0 Å². The molecule has 50 heavy (non-hydrogen) atoms. The fourth-order valence-corrected chi connectivity index (χ4v) is 7.80. The van der Waals surface area contributed by atoms with Gasteiger partial charge in [0.2, 0.25) is 0 Å². The summed E-state index contributed by atoms with van der Waals surface area (Å²) in [4.78, 5) is 1.85. The minimum atomic E-state index is -7.53. The number of hydrogen-bond acceptors (Lipinski definition) is 9. The lowest BCUT2D eigenvalue weighted by molar-refractivity contribution is -0.382. The molecule has 0 aromatic heterocycles. The third-order valence-corrected chi connectivity index (χ3v) is 12.4. The molecule has 0 aliphatic rings. The Morgan fingerprint density at radius 1 is 0.520 bits per heavy atom. The van der Waals surface area contributed by atoms with E-state index in [1.807, 2.05) is 12.1 Å². The molecule has 0 aliphatic carbocycles. The Morgan fingerprint density at radius 2 is 0.920 bits per heavy atom. The van der Waals surface area contributed by atoms with E-state index >= 15 is 0 Å². The van der Waals surface area contributed by atoms with Crippen LogP contribution in [0.3, 0.4) is 0 Å². The van der Waals surface area contributed by atoms with E-state index in [0.29, 0.717) is 17.7 Å². The highest BCUT2D eigenvalue weighted by molar-refractivity contribution is 8.65. The zero-order valence-corrected chi connectivity index (χ0v) is 28.0. The molecule has 4 rings (SSSR count). The highest BCUT2D eigenvalue weighted by Gasteiger charge is 2.86. The minimum absolute atomic E-state index is 0.219. The van der Waals surface area contributed by atoms with Gasteiger partial charge in [0.05, 0.1) is 4.90 Å². The molecule has 8 nitrogen and oxygen atoms in total. The van der Waals surface area contributed by atoms with Crippen LogP contribution in [0.15, 0.2) is 124 Å². The molecule has 0 bridgehead atoms. The Bertz CT molecular complexity index is 2040. The predicted molar refractivity (Wildman–Crippen MR) is 162 cm³/mol. The van der Waals surface area contributed by atoms with Crippen LogP contribution in [-0.2, 0) is 28.1 Å². The molecule has 0 saturated carbocycles. The number of benzene rings is 4. The summed E-state index contributed by atoms with van der Waals surface area (Å²) < 4.78 is 196. The summed E-state index contributed by atoms with van der Waals surface area (Å²) in [5.74, 6) is -17.4. The van der Waals surface area contributed by atoms with Crippen molar-refractivity contribution in [1.82, 2.24) is 0 Å². The molecule has 0 radical (unpaired) electrons. The summed E-state index contributed by atoms with van der Waals surface area (Å²) in [5, 5.41) is -7.13. The Kier molecular flexibility index (Phi) is 11.9. The number of aryl methyl sites for hydroxylation is 1. The first kappa shape index (κ1) is 40.5. The Labute approximate surface area is 283 Å². The SMILES string of the molecule is Cc1ccc(S(=O)(=O)S(=O)(=O)Oc2ccc(OS(=O)(=O)C(F)(F)C(F)(F)C(F)(F)C(F)(F)F)cc2)cc1.c1ccc(Sc2ccccc2)cc1. The number of halogens is 9. The first-order valence-electron chi connectivity index (χ1n) is 13.1. The quantitative estimate of drug-likeness (QED) is 0.0843. The van der Waals surface area contributed by atoms with Crippen LogP contribution >= 0.6 is 11.8 Å². The van der Waals surface area contributed by atoms with E-state index in [9.17, 15) is 64.8 Å². The molecule has 0 aliphatic heterocycles. The molecular formula is C29H21F9O8S4. The second kappa shape index (κ2) is 14.7. The Balaban J connectivity index is 0.000000429. The van der Waals surface area contributed by atoms with Crippen molar-refractivity contribution in [2.45, 2.75) is 44.9 Å². The predicted octanol–water partition coefficient (Wildman–Crippen LogP) is 8.06. The van der Waals surface area contributed by atoms with Gasteiger partial charge in [0.1, 0.15) is 11.5 Å². The molecule has 0 N–H and O–H groups in total. The first-order valence-corrected chi connectivity index (χ1v) is 18.8. The zero-order chi connectivity index (χ0) is 37.8. The number of hydrogen-bond donors (Lipinski definition) is 0. The summed E-state index contributed by atoms with van der Waals surface area (Å²) in [6.45, 7) is 1.56. The van der Waals surface area contributed by atoms with Gasteiger partial charge in [0, 0.05) is 9.79 Å². The smallest absolute Gasteiger partial charge is 0.378 e. The summed E-state index contributed by atoms with van der Waals surface area (Å²) >= 11 is 1.79. The van der Waals surface area contributed by atoms with Crippen LogP contribution in [0.4, 0.5) is 39.5 Å². The van der Waals surface area contributed by atoms with Crippen molar-refractivity contribution in [1.29, 1.82) is 0 Å². The topological polar surface area (TPSA) is 121 Å². The van der Waals surface area contributed by atoms with Crippen LogP contribution in [0.25, 0.3) is 0 Å². The highest BCUT2D eigenvalue weighted by atomic mass is 33.2. The second-order valence-electron chi connectivity index (χ2n) is 9.66. The van der Waals surface area contributed by atoms with Crippen molar-refractivity contribution in [2.75, 3.05) is 0 Å². The van der Waals surface area contributed by atoms with Crippen molar-refractivity contribution in [3.8, 4) is 11.5 Å². The van der Waals surface area contributed by atoms with E-state index in [1.54, 1.807) is 18.7 Å². The van der Waals surface area contributed by atoms with Gasteiger partial charge in [-0.2, -0.15) is 56.3 Å². The minimum Gasteiger partial charge on any atom is -0.378 e. The second-order valence-corrected chi connectivity index (χ2v) is 17.3. The van der Waals surface area contributed by atoms with Crippen molar-refractivity contribution in [3.63, 3.8) is 0 Å². The van der Waals surface area contributed by atoms with E-state index in [1.165, 1.54) is 21.9 Å². The molecule has 0 fully saturated rings. The van der Waals surface area contributed by atoms with Gasteiger partial charge in [0.25, 0.3) is 0 Å². The van der Waals surface area contributed by atoms with Crippen molar-refractivity contribution >= 4 is 39.9 Å². The van der Waals surface area contributed by atoms with Crippen molar-refractivity contribution in [3.05, 3.63) is 115 Å². The summed E-state index contributed by atoms with van der Waals surface area (Å²) in [5.41, 5.74) is 0.563. The third kappa shape index (κ3) is 8.67. The van der Waals surface area contributed by atoms with Gasteiger partial charge >= 0.3 is 51.4 Å². The van der Waals surface area contributed by atoms with Crippen LogP contribution in [0.2, 0.25) is 0 Å². The maximum Gasteiger partial charge on any atom is 0.460 e. The molecule has 0 unspecified atom stereocenters. The molecule has 21 heteroatoms. The summed E-state index contributed by atoms with van der Waals surface area (Å²) in [7, 11) is -17.9. The fraction of sp³-hybridized carbons (Fsp3) is 0.172. The highest BCUT2D eigenvalue weighted by Crippen LogP contribution is 2.55. The molecule has 4 aromatic carbocycles. The normalized spacial score (nSPS) is 13.2. The molecule has 0 amide bonds.